The first-order valence-corrected chi connectivity index (χ1v) is 7.16. The van der Waals surface area contributed by atoms with E-state index in [9.17, 15) is 0 Å². The van der Waals surface area contributed by atoms with Gasteiger partial charge in [0.1, 0.15) is 11.9 Å². The SMILES string of the molecule is CC(C)[C@H](Oc1ccc(Cl)cc1Cl)[C@H]1CCNC1. The quantitative estimate of drug-likeness (QED) is 0.904. The molecule has 0 aliphatic carbocycles. The Labute approximate surface area is 119 Å². The van der Waals surface area contributed by atoms with Crippen molar-refractivity contribution in [3.63, 3.8) is 0 Å². The van der Waals surface area contributed by atoms with Gasteiger partial charge in [-0.05, 0) is 37.1 Å². The van der Waals surface area contributed by atoms with Crippen molar-refractivity contribution in [2.75, 3.05) is 13.1 Å². The van der Waals surface area contributed by atoms with E-state index in [1.54, 1.807) is 6.07 Å². The summed E-state index contributed by atoms with van der Waals surface area (Å²) in [7, 11) is 0. The maximum atomic E-state index is 6.16. The Morgan fingerprint density at radius 1 is 1.33 bits per heavy atom. The minimum absolute atomic E-state index is 0.193. The first-order chi connectivity index (χ1) is 8.58. The smallest absolute Gasteiger partial charge is 0.138 e. The molecule has 1 aliphatic rings. The number of halogens is 2. The molecular formula is C14H19Cl2NO. The predicted molar refractivity (Wildman–Crippen MR) is 76.7 cm³/mol. The highest BCUT2D eigenvalue weighted by Gasteiger charge is 2.29. The molecule has 0 radical (unpaired) electrons. The maximum absolute atomic E-state index is 6.16. The van der Waals surface area contributed by atoms with Crippen LogP contribution in [-0.2, 0) is 0 Å². The average Bonchev–Trinajstić information content (AvgIpc) is 2.80. The van der Waals surface area contributed by atoms with Gasteiger partial charge in [0.2, 0.25) is 0 Å². The fraction of sp³-hybridized carbons (Fsp3) is 0.571. The van der Waals surface area contributed by atoms with E-state index < -0.39 is 0 Å². The molecule has 1 aliphatic heterocycles. The molecule has 0 unspecified atom stereocenters. The number of hydrogen-bond acceptors (Lipinski definition) is 2. The van der Waals surface area contributed by atoms with Crippen molar-refractivity contribution in [1.82, 2.24) is 5.32 Å². The van der Waals surface area contributed by atoms with Crippen molar-refractivity contribution in [1.29, 1.82) is 0 Å². The van der Waals surface area contributed by atoms with Crippen LogP contribution in [0.25, 0.3) is 0 Å². The highest BCUT2D eigenvalue weighted by atomic mass is 35.5. The summed E-state index contributed by atoms with van der Waals surface area (Å²) in [5.74, 6) is 1.74. The van der Waals surface area contributed by atoms with Gasteiger partial charge in [-0.2, -0.15) is 0 Å². The van der Waals surface area contributed by atoms with Crippen LogP contribution in [0.3, 0.4) is 0 Å². The molecule has 1 fully saturated rings. The first kappa shape index (κ1) is 14.0. The second kappa shape index (κ2) is 6.14. The fourth-order valence-corrected chi connectivity index (χ4v) is 2.90. The Morgan fingerprint density at radius 2 is 2.11 bits per heavy atom. The summed E-state index contributed by atoms with van der Waals surface area (Å²) in [4.78, 5) is 0. The molecule has 18 heavy (non-hydrogen) atoms. The molecule has 0 aromatic heterocycles. The third-order valence-electron chi connectivity index (χ3n) is 3.38. The van der Waals surface area contributed by atoms with Crippen LogP contribution in [0.5, 0.6) is 5.75 Å². The molecule has 1 N–H and O–H groups in total. The molecule has 4 heteroatoms. The van der Waals surface area contributed by atoms with E-state index in [4.69, 9.17) is 27.9 Å². The highest BCUT2D eigenvalue weighted by molar-refractivity contribution is 6.35. The number of hydrogen-bond donors (Lipinski definition) is 1. The van der Waals surface area contributed by atoms with E-state index in [1.807, 2.05) is 12.1 Å². The maximum Gasteiger partial charge on any atom is 0.138 e. The normalized spacial score (nSPS) is 21.3. The van der Waals surface area contributed by atoms with Crippen LogP contribution in [0.1, 0.15) is 20.3 Å². The van der Waals surface area contributed by atoms with Crippen molar-refractivity contribution in [3.8, 4) is 5.75 Å². The minimum Gasteiger partial charge on any atom is -0.488 e. The van der Waals surface area contributed by atoms with Crippen LogP contribution in [0.15, 0.2) is 18.2 Å². The van der Waals surface area contributed by atoms with Crippen LogP contribution in [0, 0.1) is 11.8 Å². The van der Waals surface area contributed by atoms with Crippen LogP contribution in [-0.4, -0.2) is 19.2 Å². The van der Waals surface area contributed by atoms with Gasteiger partial charge in [-0.3, -0.25) is 0 Å². The Kier molecular flexibility index (Phi) is 4.77. The summed E-state index contributed by atoms with van der Waals surface area (Å²) >= 11 is 12.1. The van der Waals surface area contributed by atoms with E-state index in [0.717, 1.165) is 25.3 Å². The molecule has 0 spiro atoms. The second-order valence-electron chi connectivity index (χ2n) is 5.15. The molecule has 2 rings (SSSR count). The Morgan fingerprint density at radius 3 is 2.67 bits per heavy atom. The summed E-state index contributed by atoms with van der Waals surface area (Å²) in [6.45, 7) is 6.47. The number of benzene rings is 1. The van der Waals surface area contributed by atoms with E-state index in [0.29, 0.717) is 21.9 Å². The fourth-order valence-electron chi connectivity index (χ4n) is 2.45. The van der Waals surface area contributed by atoms with Gasteiger partial charge in [-0.1, -0.05) is 37.0 Å². The molecule has 100 valence electrons. The average molecular weight is 288 g/mol. The van der Waals surface area contributed by atoms with Gasteiger partial charge in [-0.15, -0.1) is 0 Å². The predicted octanol–water partition coefficient (Wildman–Crippen LogP) is 4.01. The van der Waals surface area contributed by atoms with Gasteiger partial charge in [0.25, 0.3) is 0 Å². The third-order valence-corrected chi connectivity index (χ3v) is 3.91. The summed E-state index contributed by atoms with van der Waals surface area (Å²) < 4.78 is 6.12. The number of ether oxygens (including phenoxy) is 1. The summed E-state index contributed by atoms with van der Waals surface area (Å²) in [6, 6.07) is 5.39. The first-order valence-electron chi connectivity index (χ1n) is 6.40. The van der Waals surface area contributed by atoms with Gasteiger partial charge in [0.05, 0.1) is 5.02 Å². The molecular weight excluding hydrogens is 269 g/mol. The zero-order chi connectivity index (χ0) is 13.1. The lowest BCUT2D eigenvalue weighted by Gasteiger charge is -2.28. The largest absolute Gasteiger partial charge is 0.488 e. The molecule has 1 aromatic rings. The van der Waals surface area contributed by atoms with Crippen molar-refractivity contribution < 1.29 is 4.74 Å². The van der Waals surface area contributed by atoms with E-state index >= 15 is 0 Å². The van der Waals surface area contributed by atoms with Crippen molar-refractivity contribution in [3.05, 3.63) is 28.2 Å². The highest BCUT2D eigenvalue weighted by Crippen LogP contribution is 2.32. The monoisotopic (exact) mass is 287 g/mol. The third kappa shape index (κ3) is 3.31. The Hall–Kier alpha value is -0.440. The Bertz CT molecular complexity index is 403. The van der Waals surface area contributed by atoms with Gasteiger partial charge in [-0.25, -0.2) is 0 Å². The van der Waals surface area contributed by atoms with Crippen LogP contribution < -0.4 is 10.1 Å². The molecule has 0 amide bonds. The zero-order valence-corrected chi connectivity index (χ0v) is 12.3. The van der Waals surface area contributed by atoms with Gasteiger partial charge in [0.15, 0.2) is 0 Å². The second-order valence-corrected chi connectivity index (χ2v) is 6.00. The van der Waals surface area contributed by atoms with E-state index in [2.05, 4.69) is 19.2 Å². The molecule has 2 nitrogen and oxygen atoms in total. The van der Waals surface area contributed by atoms with Crippen molar-refractivity contribution >= 4 is 23.2 Å². The summed E-state index contributed by atoms with van der Waals surface area (Å²) in [6.07, 6.45) is 1.35. The zero-order valence-electron chi connectivity index (χ0n) is 10.7. The summed E-state index contributed by atoms with van der Waals surface area (Å²) in [5.41, 5.74) is 0. The standard InChI is InChI=1S/C14H19Cl2NO/c1-9(2)14(10-5-6-17-8-10)18-13-4-3-11(15)7-12(13)16/h3-4,7,9-10,14,17H,5-6,8H2,1-2H3/t10-,14-/m0/s1. The van der Waals surface area contributed by atoms with Gasteiger partial charge < -0.3 is 10.1 Å². The minimum atomic E-state index is 0.193. The van der Waals surface area contributed by atoms with Gasteiger partial charge >= 0.3 is 0 Å². The lowest BCUT2D eigenvalue weighted by molar-refractivity contribution is 0.0974. The van der Waals surface area contributed by atoms with Crippen LogP contribution in [0.2, 0.25) is 10.0 Å². The van der Waals surface area contributed by atoms with E-state index in [-0.39, 0.29) is 6.10 Å². The molecule has 2 atom stereocenters. The molecule has 0 bridgehead atoms. The molecule has 0 saturated carbocycles. The van der Waals surface area contributed by atoms with Crippen LogP contribution >= 0.6 is 23.2 Å². The van der Waals surface area contributed by atoms with Crippen LogP contribution in [0.4, 0.5) is 0 Å². The van der Waals surface area contributed by atoms with Gasteiger partial charge in [0, 0.05) is 17.5 Å². The lowest BCUT2D eigenvalue weighted by Crippen LogP contribution is -2.33. The molecule has 1 aromatic carbocycles. The lowest BCUT2D eigenvalue weighted by atomic mass is 9.92. The Balaban J connectivity index is 2.12. The topological polar surface area (TPSA) is 21.3 Å². The number of nitrogens with one attached hydrogen (secondary N) is 1. The summed E-state index contributed by atoms with van der Waals surface area (Å²) in [5, 5.41) is 4.60. The van der Waals surface area contributed by atoms with Crippen molar-refractivity contribution in [2.24, 2.45) is 11.8 Å². The van der Waals surface area contributed by atoms with Crippen molar-refractivity contribution in [2.45, 2.75) is 26.4 Å². The molecule has 1 heterocycles. The number of rotatable bonds is 4. The molecule has 1 saturated heterocycles. The van der Waals surface area contributed by atoms with E-state index in [1.165, 1.54) is 0 Å².